The fourth-order valence-corrected chi connectivity index (χ4v) is 1.52. The lowest BCUT2D eigenvalue weighted by Gasteiger charge is -2.11. The van der Waals surface area contributed by atoms with Crippen LogP contribution >= 0.6 is 24.0 Å². The zero-order valence-corrected chi connectivity index (χ0v) is 14.1. The Hall–Kier alpha value is -1.38. The van der Waals surface area contributed by atoms with Crippen molar-refractivity contribution in [2.45, 2.75) is 20.1 Å². The number of benzene rings is 1. The lowest BCUT2D eigenvalue weighted by Crippen LogP contribution is -2.37. The standard InChI is InChI=1S/C14H19F2N3O.HI/c1-3-9-18-14(17-4-2)19-10-11-7-5-6-8-12(11)20-13(15)16;/h3,5-8,13H,1,4,9-10H2,2H3,(H2,17,18,19);1H. The van der Waals surface area contributed by atoms with Gasteiger partial charge in [-0.15, -0.1) is 30.6 Å². The molecule has 0 fully saturated rings. The Labute approximate surface area is 140 Å². The topological polar surface area (TPSA) is 45.7 Å². The molecular formula is C14H20F2IN3O. The summed E-state index contributed by atoms with van der Waals surface area (Å²) in [6.45, 7) is 4.23. The molecule has 0 amide bonds. The fourth-order valence-electron chi connectivity index (χ4n) is 1.52. The van der Waals surface area contributed by atoms with E-state index in [9.17, 15) is 8.78 Å². The van der Waals surface area contributed by atoms with Crippen LogP contribution in [0.2, 0.25) is 0 Å². The van der Waals surface area contributed by atoms with E-state index in [0.29, 0.717) is 24.6 Å². The molecule has 0 saturated carbocycles. The molecule has 0 spiro atoms. The third-order valence-corrected chi connectivity index (χ3v) is 2.35. The number of nitrogens with zero attached hydrogens (tertiary/aromatic N) is 1. The quantitative estimate of drug-likeness (QED) is 0.314. The van der Waals surface area contributed by atoms with E-state index in [1.165, 1.54) is 6.07 Å². The highest BCUT2D eigenvalue weighted by atomic mass is 127. The van der Waals surface area contributed by atoms with Gasteiger partial charge >= 0.3 is 6.61 Å². The van der Waals surface area contributed by atoms with Crippen LogP contribution in [0.5, 0.6) is 5.75 Å². The van der Waals surface area contributed by atoms with Crippen LogP contribution in [-0.2, 0) is 6.54 Å². The van der Waals surface area contributed by atoms with Gasteiger partial charge in [0.15, 0.2) is 5.96 Å². The van der Waals surface area contributed by atoms with E-state index >= 15 is 0 Å². The molecule has 1 aromatic rings. The maximum atomic E-state index is 12.3. The first kappa shape index (κ1) is 19.6. The number of aliphatic imine (C=N–C) groups is 1. The summed E-state index contributed by atoms with van der Waals surface area (Å²) < 4.78 is 29.0. The molecule has 1 aromatic carbocycles. The zero-order chi connectivity index (χ0) is 14.8. The minimum Gasteiger partial charge on any atom is -0.434 e. The predicted molar refractivity (Wildman–Crippen MR) is 91.5 cm³/mol. The van der Waals surface area contributed by atoms with Crippen LogP contribution in [0.3, 0.4) is 0 Å². The maximum Gasteiger partial charge on any atom is 0.387 e. The Bertz CT molecular complexity index is 456. The summed E-state index contributed by atoms with van der Waals surface area (Å²) >= 11 is 0. The third kappa shape index (κ3) is 7.84. The number of guanidine groups is 1. The largest absolute Gasteiger partial charge is 0.434 e. The van der Waals surface area contributed by atoms with Gasteiger partial charge < -0.3 is 15.4 Å². The second-order valence-corrected chi connectivity index (χ2v) is 3.85. The van der Waals surface area contributed by atoms with Crippen LogP contribution in [0.4, 0.5) is 8.78 Å². The average Bonchev–Trinajstić information content (AvgIpc) is 2.42. The van der Waals surface area contributed by atoms with Gasteiger partial charge in [-0.3, -0.25) is 0 Å². The molecule has 0 atom stereocenters. The molecule has 0 aliphatic rings. The van der Waals surface area contributed by atoms with Crippen LogP contribution < -0.4 is 15.4 Å². The Balaban J connectivity index is 0.00000400. The summed E-state index contributed by atoms with van der Waals surface area (Å²) in [6, 6.07) is 6.61. The Morgan fingerprint density at radius 1 is 1.38 bits per heavy atom. The summed E-state index contributed by atoms with van der Waals surface area (Å²) in [5.41, 5.74) is 0.601. The molecule has 0 aromatic heterocycles. The van der Waals surface area contributed by atoms with Crippen LogP contribution in [0.15, 0.2) is 41.9 Å². The first-order chi connectivity index (χ1) is 9.67. The molecule has 7 heteroatoms. The molecule has 0 bridgehead atoms. The SMILES string of the molecule is C=CCNC(=NCc1ccccc1OC(F)F)NCC.I. The van der Waals surface area contributed by atoms with Gasteiger partial charge in [0.1, 0.15) is 5.75 Å². The van der Waals surface area contributed by atoms with E-state index in [0.717, 1.165) is 0 Å². The second-order valence-electron chi connectivity index (χ2n) is 3.85. The van der Waals surface area contributed by atoms with Gasteiger partial charge in [0.25, 0.3) is 0 Å². The van der Waals surface area contributed by atoms with E-state index in [4.69, 9.17) is 0 Å². The van der Waals surface area contributed by atoms with Gasteiger partial charge in [-0.25, -0.2) is 4.99 Å². The van der Waals surface area contributed by atoms with Gasteiger partial charge in [-0.1, -0.05) is 24.3 Å². The van der Waals surface area contributed by atoms with Crippen molar-refractivity contribution in [1.29, 1.82) is 0 Å². The number of hydrogen-bond donors (Lipinski definition) is 2. The summed E-state index contributed by atoms with van der Waals surface area (Å²) in [7, 11) is 0. The number of hydrogen-bond acceptors (Lipinski definition) is 2. The van der Waals surface area contributed by atoms with Crippen LogP contribution in [-0.4, -0.2) is 25.7 Å². The van der Waals surface area contributed by atoms with Crippen molar-refractivity contribution in [2.24, 2.45) is 4.99 Å². The number of nitrogens with one attached hydrogen (secondary N) is 2. The van der Waals surface area contributed by atoms with Gasteiger partial charge in [-0.2, -0.15) is 8.78 Å². The van der Waals surface area contributed by atoms with Crippen molar-refractivity contribution >= 4 is 29.9 Å². The van der Waals surface area contributed by atoms with Crippen molar-refractivity contribution in [2.75, 3.05) is 13.1 Å². The minimum atomic E-state index is -2.84. The average molecular weight is 411 g/mol. The number of para-hydroxylation sites is 1. The maximum absolute atomic E-state index is 12.3. The Morgan fingerprint density at radius 2 is 2.10 bits per heavy atom. The molecule has 4 nitrogen and oxygen atoms in total. The molecule has 0 heterocycles. The van der Waals surface area contributed by atoms with Crippen LogP contribution in [0.1, 0.15) is 12.5 Å². The van der Waals surface area contributed by atoms with Gasteiger partial charge in [0.2, 0.25) is 0 Å². The first-order valence-electron chi connectivity index (χ1n) is 6.33. The number of ether oxygens (including phenoxy) is 1. The summed E-state index contributed by atoms with van der Waals surface area (Å²) in [6.07, 6.45) is 1.71. The summed E-state index contributed by atoms with van der Waals surface area (Å²) in [5.74, 6) is 0.741. The molecule has 0 unspecified atom stereocenters. The van der Waals surface area contributed by atoms with Crippen molar-refractivity contribution in [3.05, 3.63) is 42.5 Å². The molecule has 2 N–H and O–H groups in total. The third-order valence-electron chi connectivity index (χ3n) is 2.35. The van der Waals surface area contributed by atoms with Crippen LogP contribution in [0, 0.1) is 0 Å². The van der Waals surface area contributed by atoms with E-state index < -0.39 is 6.61 Å². The lowest BCUT2D eigenvalue weighted by atomic mass is 10.2. The van der Waals surface area contributed by atoms with Crippen molar-refractivity contribution in [3.8, 4) is 5.75 Å². The monoisotopic (exact) mass is 411 g/mol. The zero-order valence-electron chi connectivity index (χ0n) is 11.8. The predicted octanol–water partition coefficient (Wildman–Crippen LogP) is 3.15. The van der Waals surface area contributed by atoms with Crippen LogP contribution in [0.25, 0.3) is 0 Å². The van der Waals surface area contributed by atoms with Crippen molar-refractivity contribution < 1.29 is 13.5 Å². The molecular weight excluding hydrogens is 391 g/mol. The van der Waals surface area contributed by atoms with Gasteiger partial charge in [0, 0.05) is 18.7 Å². The lowest BCUT2D eigenvalue weighted by molar-refractivity contribution is -0.0504. The molecule has 0 radical (unpaired) electrons. The molecule has 0 aliphatic carbocycles. The highest BCUT2D eigenvalue weighted by Crippen LogP contribution is 2.20. The number of halogens is 3. The summed E-state index contributed by atoms with van der Waals surface area (Å²) in [4.78, 5) is 4.31. The highest BCUT2D eigenvalue weighted by Gasteiger charge is 2.08. The molecule has 0 aliphatic heterocycles. The van der Waals surface area contributed by atoms with E-state index in [1.807, 2.05) is 6.92 Å². The van der Waals surface area contributed by atoms with E-state index in [1.54, 1.807) is 24.3 Å². The van der Waals surface area contributed by atoms with Crippen molar-refractivity contribution in [1.82, 2.24) is 10.6 Å². The Kier molecular flexibility index (Phi) is 10.6. The fraction of sp³-hybridized carbons (Fsp3) is 0.357. The van der Waals surface area contributed by atoms with Crippen molar-refractivity contribution in [3.63, 3.8) is 0 Å². The molecule has 1 rings (SSSR count). The smallest absolute Gasteiger partial charge is 0.387 e. The minimum absolute atomic E-state index is 0. The molecule has 21 heavy (non-hydrogen) atoms. The number of alkyl halides is 2. The highest BCUT2D eigenvalue weighted by molar-refractivity contribution is 14.0. The van der Waals surface area contributed by atoms with Gasteiger partial charge in [-0.05, 0) is 13.0 Å². The van der Waals surface area contributed by atoms with E-state index in [2.05, 4.69) is 26.9 Å². The number of rotatable bonds is 7. The summed E-state index contributed by atoms with van der Waals surface area (Å²) in [5, 5.41) is 6.08. The molecule has 0 saturated heterocycles. The first-order valence-corrected chi connectivity index (χ1v) is 6.33. The molecule has 118 valence electrons. The normalized spacial score (nSPS) is 10.8. The van der Waals surface area contributed by atoms with E-state index in [-0.39, 0.29) is 36.3 Å². The van der Waals surface area contributed by atoms with Gasteiger partial charge in [0.05, 0.1) is 6.54 Å². The Morgan fingerprint density at radius 3 is 2.71 bits per heavy atom. The second kappa shape index (κ2) is 11.3.